The third kappa shape index (κ3) is 24.1. The molecule has 0 aromatic carbocycles. The van der Waals surface area contributed by atoms with Crippen molar-refractivity contribution in [3.8, 4) is 0 Å². The van der Waals surface area contributed by atoms with Crippen LogP contribution in [0.15, 0.2) is 0 Å². The summed E-state index contributed by atoms with van der Waals surface area (Å²) < 4.78 is 4.95. The van der Waals surface area contributed by atoms with Crippen LogP contribution in [0.25, 0.3) is 0 Å². The minimum atomic E-state index is -0.0129. The molecule has 0 aromatic heterocycles. The van der Waals surface area contributed by atoms with Crippen molar-refractivity contribution in [3.63, 3.8) is 0 Å². The van der Waals surface area contributed by atoms with Crippen molar-refractivity contribution in [1.82, 2.24) is 0 Å². The number of rotatable bonds is 26. The van der Waals surface area contributed by atoms with Gasteiger partial charge in [0.15, 0.2) is 0 Å². The molecule has 0 aliphatic heterocycles. The minimum absolute atomic E-state index is 0.0129. The van der Waals surface area contributed by atoms with Crippen molar-refractivity contribution in [2.24, 2.45) is 5.92 Å². The monoisotopic (exact) mass is 452 g/mol. The molecule has 0 rings (SSSR count). The fraction of sp³-hybridized carbons (Fsp3) is 0.967. The standard InChI is InChI=1S/C30H60O2/c1-4-6-8-10-12-14-16-17-19-21-23-25-27-29(28-30(31)32-3)26-24-22-20-18-15-13-11-9-7-5-2/h29H,4-28H2,1-3H3. The molecule has 0 saturated carbocycles. The summed E-state index contributed by atoms with van der Waals surface area (Å²) >= 11 is 0. The maximum atomic E-state index is 11.8. The highest BCUT2D eigenvalue weighted by molar-refractivity contribution is 5.69. The fourth-order valence-electron chi connectivity index (χ4n) is 4.86. The number of carbonyl (C=O) groups is 1. The van der Waals surface area contributed by atoms with E-state index >= 15 is 0 Å². The molecule has 0 radical (unpaired) electrons. The van der Waals surface area contributed by atoms with Crippen LogP contribution in [0.4, 0.5) is 0 Å². The molecule has 2 heteroatoms. The summed E-state index contributed by atoms with van der Waals surface area (Å²) in [5, 5.41) is 0. The SMILES string of the molecule is CCCCCCCCCCCCCCC(CCCCCCCCCCCC)CC(=O)OC. The fourth-order valence-corrected chi connectivity index (χ4v) is 4.86. The number of carbonyl (C=O) groups excluding carboxylic acids is 1. The number of ether oxygens (including phenoxy) is 1. The lowest BCUT2D eigenvalue weighted by Gasteiger charge is -2.15. The van der Waals surface area contributed by atoms with Gasteiger partial charge in [-0.15, -0.1) is 0 Å². The molecule has 0 bridgehead atoms. The molecule has 0 aliphatic rings. The Balaban J connectivity index is 3.65. The lowest BCUT2D eigenvalue weighted by atomic mass is 9.91. The van der Waals surface area contributed by atoms with E-state index in [1.165, 1.54) is 161 Å². The smallest absolute Gasteiger partial charge is 0.305 e. The third-order valence-electron chi connectivity index (χ3n) is 7.11. The van der Waals surface area contributed by atoms with E-state index in [2.05, 4.69) is 13.8 Å². The van der Waals surface area contributed by atoms with Gasteiger partial charge < -0.3 is 4.74 Å². The maximum Gasteiger partial charge on any atom is 0.305 e. The summed E-state index contributed by atoms with van der Waals surface area (Å²) in [6.45, 7) is 4.57. The molecular formula is C30H60O2. The largest absolute Gasteiger partial charge is 0.469 e. The number of methoxy groups -OCH3 is 1. The Morgan fingerprint density at radius 1 is 0.500 bits per heavy atom. The molecule has 2 nitrogen and oxygen atoms in total. The van der Waals surface area contributed by atoms with Crippen molar-refractivity contribution in [2.75, 3.05) is 7.11 Å². The van der Waals surface area contributed by atoms with Crippen molar-refractivity contribution < 1.29 is 9.53 Å². The topological polar surface area (TPSA) is 26.3 Å². The highest BCUT2D eigenvalue weighted by atomic mass is 16.5. The molecule has 0 heterocycles. The van der Waals surface area contributed by atoms with E-state index in [1.54, 1.807) is 0 Å². The van der Waals surface area contributed by atoms with Gasteiger partial charge in [0.25, 0.3) is 0 Å². The Labute approximate surface area is 203 Å². The summed E-state index contributed by atoms with van der Waals surface area (Å²) in [7, 11) is 1.53. The lowest BCUT2D eigenvalue weighted by Crippen LogP contribution is -2.10. The van der Waals surface area contributed by atoms with Crippen LogP contribution < -0.4 is 0 Å². The molecule has 32 heavy (non-hydrogen) atoms. The van der Waals surface area contributed by atoms with Gasteiger partial charge >= 0.3 is 5.97 Å². The average molecular weight is 453 g/mol. The number of hydrogen-bond acceptors (Lipinski definition) is 2. The van der Waals surface area contributed by atoms with Crippen molar-refractivity contribution >= 4 is 5.97 Å². The summed E-state index contributed by atoms with van der Waals surface area (Å²) in [6, 6.07) is 0. The van der Waals surface area contributed by atoms with Gasteiger partial charge in [0, 0.05) is 6.42 Å². The molecule has 0 aliphatic carbocycles. The second-order valence-corrected chi connectivity index (χ2v) is 10.3. The maximum absolute atomic E-state index is 11.8. The Hall–Kier alpha value is -0.530. The zero-order valence-corrected chi connectivity index (χ0v) is 22.6. The van der Waals surface area contributed by atoms with Gasteiger partial charge in [0.05, 0.1) is 7.11 Å². The molecule has 0 fully saturated rings. The summed E-state index contributed by atoms with van der Waals surface area (Å²) in [5.41, 5.74) is 0. The van der Waals surface area contributed by atoms with Crippen molar-refractivity contribution in [1.29, 1.82) is 0 Å². The van der Waals surface area contributed by atoms with Crippen LogP contribution in [0.1, 0.15) is 174 Å². The highest BCUT2D eigenvalue weighted by Gasteiger charge is 2.14. The van der Waals surface area contributed by atoms with E-state index in [0.29, 0.717) is 12.3 Å². The quantitative estimate of drug-likeness (QED) is 0.0963. The number of esters is 1. The second-order valence-electron chi connectivity index (χ2n) is 10.3. The van der Waals surface area contributed by atoms with E-state index in [4.69, 9.17) is 4.74 Å². The summed E-state index contributed by atoms with van der Waals surface area (Å²) in [6.07, 6.45) is 33.6. The molecule has 1 unspecified atom stereocenters. The zero-order chi connectivity index (χ0) is 23.5. The van der Waals surface area contributed by atoms with Crippen LogP contribution in [0.3, 0.4) is 0 Å². The third-order valence-corrected chi connectivity index (χ3v) is 7.11. The van der Waals surface area contributed by atoms with Gasteiger partial charge in [-0.1, -0.05) is 155 Å². The van der Waals surface area contributed by atoms with Gasteiger partial charge in [-0.3, -0.25) is 4.79 Å². The Morgan fingerprint density at radius 2 is 0.781 bits per heavy atom. The van der Waals surface area contributed by atoms with E-state index < -0.39 is 0 Å². The second kappa shape index (κ2) is 26.7. The lowest BCUT2D eigenvalue weighted by molar-refractivity contribution is -0.141. The van der Waals surface area contributed by atoms with Gasteiger partial charge in [-0.05, 0) is 18.8 Å². The van der Waals surface area contributed by atoms with Crippen LogP contribution in [0.2, 0.25) is 0 Å². The van der Waals surface area contributed by atoms with E-state index in [-0.39, 0.29) is 5.97 Å². The summed E-state index contributed by atoms with van der Waals surface area (Å²) in [4.78, 5) is 11.8. The van der Waals surface area contributed by atoms with Crippen LogP contribution >= 0.6 is 0 Å². The molecule has 0 amide bonds. The Bertz CT molecular complexity index is 366. The molecule has 192 valence electrons. The van der Waals surface area contributed by atoms with Crippen molar-refractivity contribution in [3.05, 3.63) is 0 Å². The summed E-state index contributed by atoms with van der Waals surface area (Å²) in [5.74, 6) is 0.528. The van der Waals surface area contributed by atoms with E-state index in [9.17, 15) is 4.79 Å². The van der Waals surface area contributed by atoms with Crippen molar-refractivity contribution in [2.45, 2.75) is 174 Å². The molecular weight excluding hydrogens is 392 g/mol. The predicted octanol–water partition coefficient (Wildman–Crippen LogP) is 10.6. The van der Waals surface area contributed by atoms with E-state index in [1.807, 2.05) is 0 Å². The van der Waals surface area contributed by atoms with Crippen LogP contribution in [-0.4, -0.2) is 13.1 Å². The Kier molecular flexibility index (Phi) is 26.3. The first-order valence-corrected chi connectivity index (χ1v) is 14.8. The van der Waals surface area contributed by atoms with Gasteiger partial charge in [0.2, 0.25) is 0 Å². The first-order chi connectivity index (χ1) is 15.7. The molecule has 0 N–H and O–H groups in total. The Morgan fingerprint density at radius 3 is 1.06 bits per heavy atom. The minimum Gasteiger partial charge on any atom is -0.469 e. The van der Waals surface area contributed by atoms with Gasteiger partial charge in [-0.2, -0.15) is 0 Å². The molecule has 0 spiro atoms. The predicted molar refractivity (Wildman–Crippen MR) is 142 cm³/mol. The first kappa shape index (κ1) is 31.5. The van der Waals surface area contributed by atoms with Crippen LogP contribution in [0, 0.1) is 5.92 Å². The number of hydrogen-bond donors (Lipinski definition) is 0. The van der Waals surface area contributed by atoms with E-state index in [0.717, 1.165) is 0 Å². The number of unbranched alkanes of at least 4 members (excludes halogenated alkanes) is 20. The molecule has 0 aromatic rings. The van der Waals surface area contributed by atoms with Gasteiger partial charge in [0.1, 0.15) is 0 Å². The van der Waals surface area contributed by atoms with Gasteiger partial charge in [-0.25, -0.2) is 0 Å². The first-order valence-electron chi connectivity index (χ1n) is 14.8. The normalized spacial score (nSPS) is 12.2. The molecule has 1 atom stereocenters. The molecule has 0 saturated heterocycles. The average Bonchev–Trinajstić information content (AvgIpc) is 2.80. The van der Waals surface area contributed by atoms with Crippen LogP contribution in [0.5, 0.6) is 0 Å². The zero-order valence-electron chi connectivity index (χ0n) is 22.6. The van der Waals surface area contributed by atoms with Crippen LogP contribution in [-0.2, 0) is 9.53 Å². The highest BCUT2D eigenvalue weighted by Crippen LogP contribution is 2.23.